The molecule has 2 atom stereocenters. The maximum absolute atomic E-state index is 11.9. The van der Waals surface area contributed by atoms with Gasteiger partial charge in [-0.1, -0.05) is 0 Å². The zero-order valence-corrected chi connectivity index (χ0v) is 11.1. The van der Waals surface area contributed by atoms with Gasteiger partial charge in [0.15, 0.2) is 0 Å². The zero-order valence-electron chi connectivity index (χ0n) is 11.1. The number of hydrogen-bond acceptors (Lipinski definition) is 3. The normalized spacial score (nSPS) is 21.3. The van der Waals surface area contributed by atoms with Gasteiger partial charge >= 0.3 is 0 Å². The third-order valence-corrected chi connectivity index (χ3v) is 3.62. The molecule has 1 aliphatic heterocycles. The van der Waals surface area contributed by atoms with Crippen LogP contribution in [0.5, 0.6) is 0 Å². The second-order valence-electron chi connectivity index (χ2n) is 5.33. The van der Waals surface area contributed by atoms with Crippen LogP contribution in [0, 0.1) is 5.92 Å². The second-order valence-corrected chi connectivity index (χ2v) is 5.33. The topological polar surface area (TPSA) is 66.6 Å². The fourth-order valence-corrected chi connectivity index (χ4v) is 2.36. The summed E-state index contributed by atoms with van der Waals surface area (Å²) in [6.07, 6.45) is 4.02. The minimum atomic E-state index is -0.245. The average Bonchev–Trinajstić information content (AvgIpc) is 2.28. The minimum Gasteiger partial charge on any atom is -0.393 e. The smallest absolute Gasteiger partial charge is 0.222 e. The van der Waals surface area contributed by atoms with Gasteiger partial charge in [-0.25, -0.2) is 0 Å². The molecule has 0 spiro atoms. The molecule has 4 nitrogen and oxygen atoms in total. The summed E-state index contributed by atoms with van der Waals surface area (Å²) >= 11 is 0. The standard InChI is InChI=1S/C13H26N2O2/c1-10(14)4-3-5-13(17)15-8-6-12(7-9-15)11(2)16/h10-12,16H,3-9,14H2,1-2H3. The van der Waals surface area contributed by atoms with Gasteiger partial charge in [-0.2, -0.15) is 0 Å². The van der Waals surface area contributed by atoms with Crippen molar-refractivity contribution in [2.45, 2.75) is 58.1 Å². The first-order valence-corrected chi connectivity index (χ1v) is 6.72. The van der Waals surface area contributed by atoms with Crippen LogP contribution in [0.1, 0.15) is 46.0 Å². The van der Waals surface area contributed by atoms with E-state index in [-0.39, 0.29) is 18.1 Å². The summed E-state index contributed by atoms with van der Waals surface area (Å²) in [5.41, 5.74) is 5.66. The molecule has 0 aromatic rings. The Labute approximate surface area is 104 Å². The van der Waals surface area contributed by atoms with Crippen molar-refractivity contribution in [1.82, 2.24) is 4.90 Å². The van der Waals surface area contributed by atoms with E-state index in [0.717, 1.165) is 38.8 Å². The van der Waals surface area contributed by atoms with Gasteiger partial charge in [0.2, 0.25) is 5.91 Å². The predicted molar refractivity (Wildman–Crippen MR) is 68.5 cm³/mol. The van der Waals surface area contributed by atoms with Gasteiger partial charge in [-0.3, -0.25) is 4.79 Å². The van der Waals surface area contributed by atoms with Crippen molar-refractivity contribution < 1.29 is 9.90 Å². The van der Waals surface area contributed by atoms with E-state index in [1.807, 2.05) is 18.7 Å². The van der Waals surface area contributed by atoms with Gasteiger partial charge in [-0.15, -0.1) is 0 Å². The molecule has 1 heterocycles. The fraction of sp³-hybridized carbons (Fsp3) is 0.923. The Balaban J connectivity index is 2.21. The van der Waals surface area contributed by atoms with Crippen molar-refractivity contribution in [2.24, 2.45) is 11.7 Å². The van der Waals surface area contributed by atoms with Crippen LogP contribution in [-0.2, 0) is 4.79 Å². The fourth-order valence-electron chi connectivity index (χ4n) is 2.36. The van der Waals surface area contributed by atoms with Crippen LogP contribution in [0.25, 0.3) is 0 Å². The van der Waals surface area contributed by atoms with E-state index in [1.165, 1.54) is 0 Å². The van der Waals surface area contributed by atoms with Crippen LogP contribution in [-0.4, -0.2) is 41.1 Å². The number of nitrogens with zero attached hydrogens (tertiary/aromatic N) is 1. The van der Waals surface area contributed by atoms with Crippen molar-refractivity contribution in [3.8, 4) is 0 Å². The summed E-state index contributed by atoms with van der Waals surface area (Å²) in [5.74, 6) is 0.609. The van der Waals surface area contributed by atoms with E-state index in [1.54, 1.807) is 0 Å². The van der Waals surface area contributed by atoms with E-state index >= 15 is 0 Å². The maximum Gasteiger partial charge on any atom is 0.222 e. The SMILES string of the molecule is CC(N)CCCC(=O)N1CCC(C(C)O)CC1. The minimum absolute atomic E-state index is 0.184. The molecule has 1 amide bonds. The molecule has 4 heteroatoms. The number of rotatable bonds is 5. The van der Waals surface area contributed by atoms with Gasteiger partial charge in [0.1, 0.15) is 0 Å². The Kier molecular flexibility index (Phi) is 5.92. The van der Waals surface area contributed by atoms with E-state index in [2.05, 4.69) is 0 Å². The number of amides is 1. The molecule has 1 rings (SSSR count). The molecule has 2 unspecified atom stereocenters. The van der Waals surface area contributed by atoms with Gasteiger partial charge in [0.05, 0.1) is 6.10 Å². The molecule has 0 saturated carbocycles. The molecule has 3 N–H and O–H groups in total. The van der Waals surface area contributed by atoms with Crippen LogP contribution in [0.15, 0.2) is 0 Å². The van der Waals surface area contributed by atoms with Gasteiger partial charge in [-0.05, 0) is 45.4 Å². The van der Waals surface area contributed by atoms with Crippen molar-refractivity contribution in [3.05, 3.63) is 0 Å². The lowest BCUT2D eigenvalue weighted by atomic mass is 9.92. The average molecular weight is 242 g/mol. The molecule has 0 radical (unpaired) electrons. The third kappa shape index (κ3) is 5.04. The zero-order chi connectivity index (χ0) is 12.8. The van der Waals surface area contributed by atoms with E-state index in [4.69, 9.17) is 5.73 Å². The Morgan fingerprint density at radius 3 is 2.47 bits per heavy atom. The lowest BCUT2D eigenvalue weighted by molar-refractivity contribution is -0.133. The summed E-state index contributed by atoms with van der Waals surface area (Å²) in [6, 6.07) is 0.184. The number of carbonyl (C=O) groups excluding carboxylic acids is 1. The number of carbonyl (C=O) groups is 1. The molecule has 0 aromatic heterocycles. The first-order chi connectivity index (χ1) is 8.00. The molecule has 1 saturated heterocycles. The molecule has 0 aromatic carbocycles. The summed E-state index contributed by atoms with van der Waals surface area (Å²) < 4.78 is 0. The number of aliphatic hydroxyl groups is 1. The van der Waals surface area contributed by atoms with Crippen molar-refractivity contribution >= 4 is 5.91 Å². The lowest BCUT2D eigenvalue weighted by Gasteiger charge is -2.33. The quantitative estimate of drug-likeness (QED) is 0.759. The summed E-state index contributed by atoms with van der Waals surface area (Å²) in [7, 11) is 0. The highest BCUT2D eigenvalue weighted by atomic mass is 16.3. The van der Waals surface area contributed by atoms with Gasteiger partial charge in [0, 0.05) is 25.6 Å². The van der Waals surface area contributed by atoms with Crippen LogP contribution >= 0.6 is 0 Å². The molecule has 100 valence electrons. The highest BCUT2D eigenvalue weighted by Crippen LogP contribution is 2.21. The summed E-state index contributed by atoms with van der Waals surface area (Å²) in [6.45, 7) is 5.41. The Morgan fingerprint density at radius 1 is 1.41 bits per heavy atom. The van der Waals surface area contributed by atoms with Crippen LogP contribution in [0.4, 0.5) is 0 Å². The van der Waals surface area contributed by atoms with E-state index < -0.39 is 0 Å². The number of likely N-dealkylation sites (tertiary alicyclic amines) is 1. The Hall–Kier alpha value is -0.610. The molecule has 1 aliphatic rings. The first kappa shape index (κ1) is 14.5. The van der Waals surface area contributed by atoms with E-state index in [0.29, 0.717) is 12.3 Å². The van der Waals surface area contributed by atoms with Crippen molar-refractivity contribution in [2.75, 3.05) is 13.1 Å². The summed E-state index contributed by atoms with van der Waals surface area (Å²) in [4.78, 5) is 13.8. The maximum atomic E-state index is 11.9. The largest absolute Gasteiger partial charge is 0.393 e. The highest BCUT2D eigenvalue weighted by molar-refractivity contribution is 5.76. The van der Waals surface area contributed by atoms with Crippen molar-refractivity contribution in [1.29, 1.82) is 0 Å². The number of aliphatic hydroxyl groups excluding tert-OH is 1. The second kappa shape index (κ2) is 6.97. The Morgan fingerprint density at radius 2 is 2.00 bits per heavy atom. The number of hydrogen-bond donors (Lipinski definition) is 2. The predicted octanol–water partition coefficient (Wildman–Crippen LogP) is 1.12. The van der Waals surface area contributed by atoms with Crippen LogP contribution in [0.2, 0.25) is 0 Å². The van der Waals surface area contributed by atoms with Gasteiger partial charge in [0.25, 0.3) is 0 Å². The monoisotopic (exact) mass is 242 g/mol. The number of nitrogens with two attached hydrogens (primary N) is 1. The molecule has 0 aliphatic carbocycles. The van der Waals surface area contributed by atoms with Crippen LogP contribution in [0.3, 0.4) is 0 Å². The number of piperidine rings is 1. The molecule has 0 bridgehead atoms. The molecular formula is C13H26N2O2. The Bertz CT molecular complexity index is 234. The summed E-state index contributed by atoms with van der Waals surface area (Å²) in [5, 5.41) is 9.49. The molecular weight excluding hydrogens is 216 g/mol. The highest BCUT2D eigenvalue weighted by Gasteiger charge is 2.24. The first-order valence-electron chi connectivity index (χ1n) is 6.72. The van der Waals surface area contributed by atoms with Crippen molar-refractivity contribution in [3.63, 3.8) is 0 Å². The molecule has 17 heavy (non-hydrogen) atoms. The third-order valence-electron chi connectivity index (χ3n) is 3.62. The van der Waals surface area contributed by atoms with Gasteiger partial charge < -0.3 is 15.7 Å². The van der Waals surface area contributed by atoms with Crippen LogP contribution < -0.4 is 5.73 Å². The van der Waals surface area contributed by atoms with E-state index in [9.17, 15) is 9.90 Å². The molecule has 1 fully saturated rings. The lowest BCUT2D eigenvalue weighted by Crippen LogP contribution is -2.40.